The zero-order valence-electron chi connectivity index (χ0n) is 20.6. The second-order valence-electron chi connectivity index (χ2n) is 8.81. The van der Waals surface area contributed by atoms with Crippen molar-refractivity contribution in [3.8, 4) is 5.75 Å². The van der Waals surface area contributed by atoms with Crippen molar-refractivity contribution in [2.24, 2.45) is 5.73 Å². The summed E-state index contributed by atoms with van der Waals surface area (Å²) < 4.78 is 11.6. The summed E-state index contributed by atoms with van der Waals surface area (Å²) in [5.74, 6) is -0.223. The number of hydrogen-bond acceptors (Lipinski definition) is 7. The van der Waals surface area contributed by atoms with Gasteiger partial charge in [-0.15, -0.1) is 0 Å². The van der Waals surface area contributed by atoms with Gasteiger partial charge in [-0.25, -0.2) is 4.79 Å². The predicted octanol–water partition coefficient (Wildman–Crippen LogP) is 4.69. The van der Waals surface area contributed by atoms with E-state index in [9.17, 15) is 9.59 Å². The molecule has 0 aliphatic carbocycles. The van der Waals surface area contributed by atoms with Gasteiger partial charge in [-0.2, -0.15) is 0 Å². The van der Waals surface area contributed by atoms with Gasteiger partial charge in [0.2, 0.25) is 0 Å². The molecule has 0 aliphatic rings. The number of hydrogen-bond donors (Lipinski definition) is 1. The number of carbonyl (C=O) groups excluding carboxylic acids is 2. The van der Waals surface area contributed by atoms with Crippen LogP contribution in [0.4, 0.5) is 0 Å². The summed E-state index contributed by atoms with van der Waals surface area (Å²) in [6.45, 7) is 9.19. The van der Waals surface area contributed by atoms with Crippen molar-refractivity contribution < 1.29 is 19.1 Å². The van der Waals surface area contributed by atoms with Crippen LogP contribution in [0, 0.1) is 20.8 Å². The molecular formula is C27H30ClN3O4. The van der Waals surface area contributed by atoms with Crippen LogP contribution >= 0.6 is 11.6 Å². The Kier molecular flexibility index (Phi) is 8.25. The number of nitrogens with two attached hydrogens (primary N) is 1. The van der Waals surface area contributed by atoms with Crippen LogP contribution in [-0.4, -0.2) is 33.9 Å². The first kappa shape index (κ1) is 26.3. The summed E-state index contributed by atoms with van der Waals surface area (Å²) in [6, 6.07) is 11.8. The fourth-order valence-electron chi connectivity index (χ4n) is 3.46. The third-order valence-corrected chi connectivity index (χ3v) is 5.87. The minimum absolute atomic E-state index is 0.00420. The molecule has 0 bridgehead atoms. The van der Waals surface area contributed by atoms with Crippen molar-refractivity contribution in [2.45, 2.75) is 53.2 Å². The van der Waals surface area contributed by atoms with E-state index >= 15 is 0 Å². The van der Waals surface area contributed by atoms with E-state index < -0.39 is 11.6 Å². The maximum Gasteiger partial charge on any atom is 0.350 e. The largest absolute Gasteiger partial charge is 0.476 e. The normalized spacial score (nSPS) is 11.3. The topological polar surface area (TPSA) is 104 Å². The predicted molar refractivity (Wildman–Crippen MR) is 135 cm³/mol. The molecular weight excluding hydrogens is 466 g/mol. The van der Waals surface area contributed by atoms with Crippen molar-refractivity contribution >= 4 is 23.4 Å². The Hall–Kier alpha value is -3.29. The van der Waals surface area contributed by atoms with E-state index in [1.54, 1.807) is 56.3 Å². The number of halogens is 1. The summed E-state index contributed by atoms with van der Waals surface area (Å²) in [5, 5.41) is 0.558. The maximum absolute atomic E-state index is 12.9. The number of ketones is 1. The molecule has 3 rings (SSSR count). The summed E-state index contributed by atoms with van der Waals surface area (Å²) in [6.07, 6.45) is 0.472. The summed E-state index contributed by atoms with van der Waals surface area (Å²) in [7, 11) is 0. The standard InChI is InChI=1S/C27H30ClN3O4/c1-16-17(2)31-23(18(3)30-16)15-34-26(33)27(4,5)35-24-11-8-21(14-20(24)12-13-29)25(32)19-6-9-22(28)10-7-19/h6-11,14H,12-13,15,29H2,1-5H3. The fourth-order valence-corrected chi connectivity index (χ4v) is 3.59. The Labute approximate surface area is 210 Å². The Morgan fingerprint density at radius 1 is 0.943 bits per heavy atom. The molecule has 0 unspecified atom stereocenters. The highest BCUT2D eigenvalue weighted by Gasteiger charge is 2.33. The first-order valence-electron chi connectivity index (χ1n) is 11.3. The van der Waals surface area contributed by atoms with Gasteiger partial charge in [0.25, 0.3) is 0 Å². The van der Waals surface area contributed by atoms with Crippen molar-refractivity contribution in [3.63, 3.8) is 0 Å². The molecule has 35 heavy (non-hydrogen) atoms. The molecule has 0 saturated carbocycles. The second-order valence-corrected chi connectivity index (χ2v) is 9.25. The maximum atomic E-state index is 12.9. The molecule has 0 fully saturated rings. The van der Waals surface area contributed by atoms with E-state index in [0.29, 0.717) is 46.3 Å². The first-order valence-corrected chi connectivity index (χ1v) is 11.7. The number of aryl methyl sites for hydroxylation is 3. The van der Waals surface area contributed by atoms with Crippen LogP contribution in [-0.2, 0) is 22.6 Å². The Morgan fingerprint density at radius 2 is 1.57 bits per heavy atom. The smallest absolute Gasteiger partial charge is 0.350 e. The number of nitrogens with zero attached hydrogens (tertiary/aromatic N) is 2. The number of rotatable bonds is 9. The number of esters is 1. The van der Waals surface area contributed by atoms with Crippen molar-refractivity contribution in [1.29, 1.82) is 0 Å². The van der Waals surface area contributed by atoms with Crippen LogP contribution in [0.1, 0.15) is 58.1 Å². The number of aromatic nitrogens is 2. The molecule has 0 saturated heterocycles. The summed E-state index contributed by atoms with van der Waals surface area (Å²) in [4.78, 5) is 34.7. The average molecular weight is 496 g/mol. The first-order chi connectivity index (χ1) is 16.5. The number of benzene rings is 2. The van der Waals surface area contributed by atoms with Gasteiger partial charge in [0, 0.05) is 16.1 Å². The van der Waals surface area contributed by atoms with E-state index in [0.717, 1.165) is 17.0 Å². The monoisotopic (exact) mass is 495 g/mol. The Bertz CT molecular complexity index is 1240. The van der Waals surface area contributed by atoms with Gasteiger partial charge in [-0.3, -0.25) is 14.8 Å². The quantitative estimate of drug-likeness (QED) is 0.339. The Morgan fingerprint density at radius 3 is 2.23 bits per heavy atom. The highest BCUT2D eigenvalue weighted by atomic mass is 35.5. The molecule has 0 spiro atoms. The summed E-state index contributed by atoms with van der Waals surface area (Å²) >= 11 is 5.93. The molecule has 1 heterocycles. The van der Waals surface area contributed by atoms with Crippen LogP contribution in [0.3, 0.4) is 0 Å². The molecule has 184 valence electrons. The lowest BCUT2D eigenvalue weighted by Crippen LogP contribution is -2.40. The number of carbonyl (C=O) groups is 2. The highest BCUT2D eigenvalue weighted by Crippen LogP contribution is 2.27. The zero-order valence-corrected chi connectivity index (χ0v) is 21.4. The van der Waals surface area contributed by atoms with E-state index in [4.69, 9.17) is 26.8 Å². The SMILES string of the molecule is Cc1nc(C)c(COC(=O)C(C)(C)Oc2ccc(C(=O)c3ccc(Cl)cc3)cc2CCN)nc1C. The molecule has 0 amide bonds. The third-order valence-electron chi connectivity index (χ3n) is 5.62. The van der Waals surface area contributed by atoms with Crippen LogP contribution in [0.2, 0.25) is 5.02 Å². The molecule has 1 aromatic heterocycles. The van der Waals surface area contributed by atoms with Gasteiger partial charge in [0.15, 0.2) is 11.4 Å². The second kappa shape index (κ2) is 11.0. The van der Waals surface area contributed by atoms with E-state index in [1.165, 1.54) is 0 Å². The van der Waals surface area contributed by atoms with Crippen molar-refractivity contribution in [3.05, 3.63) is 87.0 Å². The van der Waals surface area contributed by atoms with Crippen LogP contribution in [0.15, 0.2) is 42.5 Å². The van der Waals surface area contributed by atoms with Gasteiger partial charge in [0.05, 0.1) is 22.8 Å². The lowest BCUT2D eigenvalue weighted by atomic mass is 9.99. The van der Waals surface area contributed by atoms with Gasteiger partial charge in [0.1, 0.15) is 12.4 Å². The van der Waals surface area contributed by atoms with E-state index in [-0.39, 0.29) is 12.4 Å². The lowest BCUT2D eigenvalue weighted by Gasteiger charge is -2.26. The van der Waals surface area contributed by atoms with Gasteiger partial charge >= 0.3 is 5.97 Å². The van der Waals surface area contributed by atoms with Crippen LogP contribution in [0.25, 0.3) is 0 Å². The van der Waals surface area contributed by atoms with Crippen molar-refractivity contribution in [2.75, 3.05) is 6.54 Å². The van der Waals surface area contributed by atoms with Gasteiger partial charge in [-0.1, -0.05) is 11.6 Å². The number of ether oxygens (including phenoxy) is 2. The molecule has 8 heteroatoms. The van der Waals surface area contributed by atoms with Crippen LogP contribution in [0.5, 0.6) is 5.75 Å². The molecule has 2 N–H and O–H groups in total. The molecule has 0 aliphatic heterocycles. The van der Waals surface area contributed by atoms with Crippen LogP contribution < -0.4 is 10.5 Å². The molecule has 0 radical (unpaired) electrons. The third kappa shape index (κ3) is 6.44. The molecule has 3 aromatic rings. The molecule has 7 nitrogen and oxygen atoms in total. The van der Waals surface area contributed by atoms with Gasteiger partial charge < -0.3 is 15.2 Å². The fraction of sp³-hybridized carbons (Fsp3) is 0.333. The lowest BCUT2D eigenvalue weighted by molar-refractivity contribution is -0.160. The molecule has 0 atom stereocenters. The zero-order chi connectivity index (χ0) is 25.8. The van der Waals surface area contributed by atoms with Crippen molar-refractivity contribution in [1.82, 2.24) is 9.97 Å². The van der Waals surface area contributed by atoms with Gasteiger partial charge in [-0.05, 0) is 95.6 Å². The highest BCUT2D eigenvalue weighted by molar-refractivity contribution is 6.30. The summed E-state index contributed by atoms with van der Waals surface area (Å²) in [5.41, 5.74) is 9.20. The minimum Gasteiger partial charge on any atom is -0.476 e. The molecule has 2 aromatic carbocycles. The van der Waals surface area contributed by atoms with E-state index in [1.807, 2.05) is 20.8 Å². The van der Waals surface area contributed by atoms with E-state index in [2.05, 4.69) is 9.97 Å². The average Bonchev–Trinajstić information content (AvgIpc) is 2.81. The minimum atomic E-state index is -1.29. The Balaban J connectivity index is 1.76.